The quantitative estimate of drug-likeness (QED) is 0.680. The van der Waals surface area contributed by atoms with Gasteiger partial charge in [0.2, 0.25) is 0 Å². The molecular weight excluding hydrogens is 280 g/mol. The average Bonchev–Trinajstić information content (AvgIpc) is 2.59. The van der Waals surface area contributed by atoms with Crippen LogP contribution in [0.5, 0.6) is 0 Å². The highest BCUT2D eigenvalue weighted by atomic mass is 14.6. The van der Waals surface area contributed by atoms with Crippen LogP contribution in [0.1, 0.15) is 106 Å². The van der Waals surface area contributed by atoms with Crippen LogP contribution in [0.2, 0.25) is 0 Å². The number of rotatable bonds is 4. The van der Waals surface area contributed by atoms with E-state index in [2.05, 4.69) is 13.0 Å². The monoisotopic (exact) mass is 314 g/mol. The van der Waals surface area contributed by atoms with Gasteiger partial charge in [-0.25, -0.2) is 0 Å². The zero-order valence-electron chi connectivity index (χ0n) is 14.9. The number of hydrogen-bond donors (Lipinski definition) is 2. The van der Waals surface area contributed by atoms with Gasteiger partial charge in [0.25, 0.3) is 0 Å². The van der Waals surface area contributed by atoms with Crippen molar-refractivity contribution in [3.63, 3.8) is 0 Å². The van der Waals surface area contributed by atoms with Gasteiger partial charge in [-0.1, -0.05) is 51.9 Å². The highest BCUT2D eigenvalue weighted by Crippen LogP contribution is 2.44. The average molecular weight is 315 g/mol. The van der Waals surface area contributed by atoms with E-state index >= 15 is 0 Å². The lowest BCUT2D eigenvalue weighted by Crippen LogP contribution is -2.16. The zero-order chi connectivity index (χ0) is 16.2. The fraction of sp³-hybridized carbons (Fsp3) is 0.714. The number of hydrogen-bond acceptors (Lipinski definition) is 2. The maximum Gasteiger partial charge on any atom is 0.0405 e. The fourth-order valence-corrected chi connectivity index (χ4v) is 4.96. The molecule has 1 aromatic carbocycles. The summed E-state index contributed by atoms with van der Waals surface area (Å²) >= 11 is 0. The maximum atomic E-state index is 6.73. The predicted octanol–water partition coefficient (Wildman–Crippen LogP) is 5.90. The first kappa shape index (κ1) is 16.7. The van der Waals surface area contributed by atoms with Gasteiger partial charge in [-0.15, -0.1) is 0 Å². The van der Waals surface area contributed by atoms with Gasteiger partial charge in [0.1, 0.15) is 0 Å². The van der Waals surface area contributed by atoms with E-state index in [1.165, 1.54) is 80.9 Å². The fourth-order valence-electron chi connectivity index (χ4n) is 4.96. The van der Waals surface area contributed by atoms with E-state index in [1.54, 1.807) is 0 Å². The molecule has 23 heavy (non-hydrogen) atoms. The van der Waals surface area contributed by atoms with Crippen LogP contribution in [0.3, 0.4) is 0 Å². The molecule has 4 N–H and O–H groups in total. The van der Waals surface area contributed by atoms with Crippen molar-refractivity contribution in [3.05, 3.63) is 22.8 Å². The van der Waals surface area contributed by atoms with E-state index in [4.69, 9.17) is 11.5 Å². The highest BCUT2D eigenvalue weighted by Gasteiger charge is 2.26. The van der Waals surface area contributed by atoms with Gasteiger partial charge in [-0.3, -0.25) is 0 Å². The van der Waals surface area contributed by atoms with Crippen LogP contribution in [0, 0.1) is 0 Å². The van der Waals surface area contributed by atoms with Crippen LogP contribution >= 0.6 is 0 Å². The molecule has 2 fully saturated rings. The van der Waals surface area contributed by atoms with E-state index in [0.29, 0.717) is 11.8 Å². The standard InChI is InChI=1S/C21H34N2/c1-2-9-17-18(15-10-5-3-6-11-15)14-19(22)20(21(17)23)16-12-7-4-8-13-16/h14-16H,2-13,22-23H2,1H3. The van der Waals surface area contributed by atoms with Gasteiger partial charge in [-0.2, -0.15) is 0 Å². The Morgan fingerprint density at radius 2 is 1.43 bits per heavy atom. The van der Waals surface area contributed by atoms with Gasteiger partial charge < -0.3 is 11.5 Å². The van der Waals surface area contributed by atoms with Crippen LogP contribution in [0.15, 0.2) is 6.07 Å². The van der Waals surface area contributed by atoms with Gasteiger partial charge in [0, 0.05) is 16.9 Å². The number of nitrogen functional groups attached to an aromatic ring is 2. The highest BCUT2D eigenvalue weighted by molar-refractivity contribution is 5.70. The first-order valence-corrected chi connectivity index (χ1v) is 9.93. The Labute approximate surface area is 142 Å². The minimum absolute atomic E-state index is 0.597. The third-order valence-corrected chi connectivity index (χ3v) is 6.14. The van der Waals surface area contributed by atoms with Crippen molar-refractivity contribution >= 4 is 11.4 Å². The first-order chi connectivity index (χ1) is 11.2. The summed E-state index contributed by atoms with van der Waals surface area (Å²) in [7, 11) is 0. The van der Waals surface area contributed by atoms with Crippen molar-refractivity contribution in [2.24, 2.45) is 0 Å². The lowest BCUT2D eigenvalue weighted by molar-refractivity contribution is 0.438. The Bertz CT molecular complexity index is 523. The Balaban J connectivity index is 2.00. The maximum absolute atomic E-state index is 6.73. The lowest BCUT2D eigenvalue weighted by atomic mass is 9.76. The second kappa shape index (κ2) is 7.59. The van der Waals surface area contributed by atoms with E-state index in [9.17, 15) is 0 Å². The van der Waals surface area contributed by atoms with Crippen molar-refractivity contribution in [1.29, 1.82) is 0 Å². The molecule has 0 heterocycles. The second-order valence-corrected chi connectivity index (χ2v) is 7.78. The van der Waals surface area contributed by atoms with Gasteiger partial charge in [-0.05, 0) is 61.1 Å². The number of anilines is 2. The topological polar surface area (TPSA) is 52.0 Å². The smallest absolute Gasteiger partial charge is 0.0405 e. The third-order valence-electron chi connectivity index (χ3n) is 6.14. The molecule has 0 radical (unpaired) electrons. The molecule has 0 amide bonds. The summed E-state index contributed by atoms with van der Waals surface area (Å²) < 4.78 is 0. The third kappa shape index (κ3) is 3.51. The molecular formula is C21H34N2. The Hall–Kier alpha value is -1.18. The lowest BCUT2D eigenvalue weighted by Gasteiger charge is -2.30. The summed E-state index contributed by atoms with van der Waals surface area (Å²) in [5.74, 6) is 1.29. The molecule has 2 aliphatic rings. The molecule has 0 unspecified atom stereocenters. The van der Waals surface area contributed by atoms with Crippen LogP contribution in [0.25, 0.3) is 0 Å². The number of benzene rings is 1. The molecule has 1 aromatic rings. The van der Waals surface area contributed by atoms with Gasteiger partial charge in [0.15, 0.2) is 0 Å². The largest absolute Gasteiger partial charge is 0.398 e. The van der Waals surface area contributed by atoms with Crippen molar-refractivity contribution in [2.45, 2.75) is 95.8 Å². The minimum Gasteiger partial charge on any atom is -0.398 e. The summed E-state index contributed by atoms with van der Waals surface area (Å²) in [5, 5.41) is 0. The molecule has 0 saturated heterocycles. The molecule has 0 spiro atoms. The molecule has 0 aromatic heterocycles. The van der Waals surface area contributed by atoms with Crippen molar-refractivity contribution in [1.82, 2.24) is 0 Å². The van der Waals surface area contributed by atoms with Crippen molar-refractivity contribution in [3.8, 4) is 0 Å². The van der Waals surface area contributed by atoms with E-state index in [0.717, 1.165) is 24.2 Å². The SMILES string of the molecule is CCCc1c(C2CCCCC2)cc(N)c(C2CCCCC2)c1N. The molecule has 2 heteroatoms. The predicted molar refractivity (Wildman–Crippen MR) is 101 cm³/mol. The molecule has 128 valence electrons. The van der Waals surface area contributed by atoms with E-state index in [-0.39, 0.29) is 0 Å². The van der Waals surface area contributed by atoms with Crippen molar-refractivity contribution in [2.75, 3.05) is 11.5 Å². The molecule has 3 rings (SSSR count). The van der Waals surface area contributed by atoms with Crippen LogP contribution < -0.4 is 11.5 Å². The molecule has 0 aliphatic heterocycles. The molecule has 2 nitrogen and oxygen atoms in total. The molecule has 2 aliphatic carbocycles. The zero-order valence-corrected chi connectivity index (χ0v) is 14.9. The normalized spacial score (nSPS) is 20.7. The summed E-state index contributed by atoms with van der Waals surface area (Å²) in [5.41, 5.74) is 19.5. The minimum atomic E-state index is 0.597. The van der Waals surface area contributed by atoms with E-state index < -0.39 is 0 Å². The van der Waals surface area contributed by atoms with E-state index in [1.807, 2.05) is 0 Å². The summed E-state index contributed by atoms with van der Waals surface area (Å²) in [6.45, 7) is 2.26. The Morgan fingerprint density at radius 1 is 0.870 bits per heavy atom. The molecule has 0 atom stereocenters. The van der Waals surface area contributed by atoms with Crippen LogP contribution in [-0.2, 0) is 6.42 Å². The van der Waals surface area contributed by atoms with Crippen LogP contribution in [0.4, 0.5) is 11.4 Å². The van der Waals surface area contributed by atoms with Crippen LogP contribution in [-0.4, -0.2) is 0 Å². The summed E-state index contributed by atoms with van der Waals surface area (Å²) in [4.78, 5) is 0. The Morgan fingerprint density at radius 3 is 2.00 bits per heavy atom. The number of nitrogens with two attached hydrogens (primary N) is 2. The Kier molecular flexibility index (Phi) is 5.50. The second-order valence-electron chi connectivity index (χ2n) is 7.78. The van der Waals surface area contributed by atoms with Gasteiger partial charge >= 0.3 is 0 Å². The first-order valence-electron chi connectivity index (χ1n) is 9.93. The molecule has 0 bridgehead atoms. The van der Waals surface area contributed by atoms with Crippen molar-refractivity contribution < 1.29 is 0 Å². The molecule has 2 saturated carbocycles. The van der Waals surface area contributed by atoms with Gasteiger partial charge in [0.05, 0.1) is 0 Å². The summed E-state index contributed by atoms with van der Waals surface area (Å²) in [6, 6.07) is 2.32. The summed E-state index contributed by atoms with van der Waals surface area (Å²) in [6.07, 6.45) is 15.6.